The molecular weight excluding hydrogens is 440 g/mol. The fourth-order valence-corrected chi connectivity index (χ4v) is 4.55. The summed E-state index contributed by atoms with van der Waals surface area (Å²) < 4.78 is 0. The molecule has 2 amide bonds. The number of carbonyl (C=O) groups is 1. The van der Waals surface area contributed by atoms with E-state index in [-0.39, 0.29) is 6.03 Å². The highest BCUT2D eigenvalue weighted by Gasteiger charge is 2.22. The highest BCUT2D eigenvalue weighted by molar-refractivity contribution is 5.87. The van der Waals surface area contributed by atoms with Gasteiger partial charge in [-0.05, 0) is 48.5 Å². The molecule has 0 bridgehead atoms. The van der Waals surface area contributed by atoms with Crippen molar-refractivity contribution in [2.24, 2.45) is 0 Å². The van der Waals surface area contributed by atoms with Crippen LogP contribution in [0.3, 0.4) is 0 Å². The van der Waals surface area contributed by atoms with Crippen LogP contribution in [0.4, 0.5) is 10.5 Å². The van der Waals surface area contributed by atoms with Gasteiger partial charge in [-0.25, -0.2) is 14.8 Å². The van der Waals surface area contributed by atoms with Crippen LogP contribution in [0.1, 0.15) is 0 Å². The van der Waals surface area contributed by atoms with Crippen LogP contribution in [-0.4, -0.2) is 81.0 Å². The number of nitrogens with one attached hydrogen (secondary N) is 2. The van der Waals surface area contributed by atoms with E-state index < -0.39 is 0 Å². The molecule has 1 saturated heterocycles. The van der Waals surface area contributed by atoms with Crippen molar-refractivity contribution in [2.45, 2.75) is 0 Å². The maximum absolute atomic E-state index is 12.2. The summed E-state index contributed by atoms with van der Waals surface area (Å²) in [7, 11) is 3.59. The maximum Gasteiger partial charge on any atom is 0.319 e. The molecule has 0 atom stereocenters. The number of benzene rings is 2. The van der Waals surface area contributed by atoms with E-state index in [0.717, 1.165) is 63.7 Å². The second-order valence-corrected chi connectivity index (χ2v) is 8.97. The number of hydrogen-bond donors (Lipinski definition) is 2. The molecule has 1 aliphatic rings. The van der Waals surface area contributed by atoms with Crippen molar-refractivity contribution >= 4 is 33.8 Å². The lowest BCUT2D eigenvalue weighted by molar-refractivity contribution is 0.168. The Morgan fingerprint density at radius 1 is 0.857 bits per heavy atom. The Morgan fingerprint density at radius 3 is 2.31 bits per heavy atom. The smallest absolute Gasteiger partial charge is 0.319 e. The van der Waals surface area contributed by atoms with Crippen molar-refractivity contribution in [3.63, 3.8) is 0 Å². The number of H-pyrrole nitrogens is 2. The summed E-state index contributed by atoms with van der Waals surface area (Å²) in [5.74, 6) is 1.56. The van der Waals surface area contributed by atoms with E-state index in [1.54, 1.807) is 25.2 Å². The third-order valence-electron chi connectivity index (χ3n) is 6.43. The van der Waals surface area contributed by atoms with Crippen LogP contribution in [0.15, 0.2) is 60.8 Å². The summed E-state index contributed by atoms with van der Waals surface area (Å²) in [6.45, 7) is 3.05. The van der Waals surface area contributed by atoms with Gasteiger partial charge >= 0.3 is 6.03 Å². The SMILES string of the molecule is CN(C)C(=O)N1CCN(c2ccc3nc(-c4ccc5nc(-c6ccccn6)[nH]c5c4)[nH]c3c2)CC1. The number of pyridine rings is 1. The molecule has 4 heterocycles. The van der Waals surface area contributed by atoms with Crippen LogP contribution >= 0.6 is 0 Å². The van der Waals surface area contributed by atoms with Crippen molar-refractivity contribution in [3.8, 4) is 22.9 Å². The lowest BCUT2D eigenvalue weighted by atomic mass is 10.2. The highest BCUT2D eigenvalue weighted by atomic mass is 16.2. The number of rotatable bonds is 3. The van der Waals surface area contributed by atoms with Gasteiger partial charge in [0.2, 0.25) is 0 Å². The Hall–Kier alpha value is -4.40. The molecule has 0 radical (unpaired) electrons. The molecule has 2 N–H and O–H groups in total. The first-order valence-corrected chi connectivity index (χ1v) is 11.7. The molecule has 3 aromatic heterocycles. The summed E-state index contributed by atoms with van der Waals surface area (Å²) in [5, 5.41) is 0. The molecule has 2 aromatic carbocycles. The normalized spacial score (nSPS) is 14.1. The number of hydrogen-bond acceptors (Lipinski definition) is 5. The van der Waals surface area contributed by atoms with E-state index in [0.29, 0.717) is 13.1 Å². The van der Waals surface area contributed by atoms with Crippen molar-refractivity contribution in [1.82, 2.24) is 34.7 Å². The van der Waals surface area contributed by atoms with Gasteiger partial charge in [-0.3, -0.25) is 4.98 Å². The Bertz CT molecular complexity index is 1510. The number of aromatic nitrogens is 5. The van der Waals surface area contributed by atoms with Gasteiger partial charge in [0.05, 0.1) is 22.1 Å². The van der Waals surface area contributed by atoms with Gasteiger partial charge in [0, 0.05) is 57.7 Å². The summed E-state index contributed by atoms with van der Waals surface area (Å²) in [5.41, 5.74) is 6.67. The van der Waals surface area contributed by atoms with E-state index in [1.165, 1.54) is 0 Å². The second kappa shape index (κ2) is 8.43. The highest BCUT2D eigenvalue weighted by Crippen LogP contribution is 2.28. The number of urea groups is 1. The van der Waals surface area contributed by atoms with Gasteiger partial charge in [0.15, 0.2) is 5.82 Å². The average Bonchev–Trinajstić information content (AvgIpc) is 3.52. The minimum atomic E-state index is 0.0692. The van der Waals surface area contributed by atoms with E-state index in [1.807, 2.05) is 35.2 Å². The van der Waals surface area contributed by atoms with Crippen LogP contribution in [0.5, 0.6) is 0 Å². The molecule has 0 spiro atoms. The first-order valence-electron chi connectivity index (χ1n) is 11.7. The summed E-state index contributed by atoms with van der Waals surface area (Å²) in [6, 6.07) is 18.2. The van der Waals surface area contributed by atoms with Gasteiger partial charge in [0.1, 0.15) is 11.5 Å². The molecule has 5 aromatic rings. The number of anilines is 1. The Balaban J connectivity index is 1.24. The van der Waals surface area contributed by atoms with E-state index in [2.05, 4.69) is 49.1 Å². The minimum Gasteiger partial charge on any atom is -0.368 e. The average molecular weight is 467 g/mol. The molecule has 9 nitrogen and oxygen atoms in total. The fraction of sp³-hybridized carbons (Fsp3) is 0.231. The predicted octanol–water partition coefficient (Wildman–Crippen LogP) is 3.97. The van der Waals surface area contributed by atoms with Crippen LogP contribution in [0, 0.1) is 0 Å². The lowest BCUT2D eigenvalue weighted by Crippen LogP contribution is -2.51. The second-order valence-electron chi connectivity index (χ2n) is 8.97. The number of fused-ring (bicyclic) bond motifs is 2. The first-order chi connectivity index (χ1) is 17.0. The standard InChI is InChI=1S/C26H26N8O/c1-32(2)26(35)34-13-11-33(12-14-34)18-7-9-20-23(16-18)30-24(28-20)17-6-8-19-22(15-17)31-25(29-19)21-5-3-4-10-27-21/h3-10,15-16H,11-14H2,1-2H3,(H,28,30)(H,29,31). The zero-order chi connectivity index (χ0) is 23.9. The van der Waals surface area contributed by atoms with E-state index in [9.17, 15) is 4.79 Å². The van der Waals surface area contributed by atoms with Gasteiger partial charge in [-0.2, -0.15) is 0 Å². The van der Waals surface area contributed by atoms with Gasteiger partial charge in [0.25, 0.3) is 0 Å². The molecule has 1 fully saturated rings. The van der Waals surface area contributed by atoms with Crippen molar-refractivity contribution in [3.05, 3.63) is 60.8 Å². The summed E-state index contributed by atoms with van der Waals surface area (Å²) >= 11 is 0. The molecule has 176 valence electrons. The quantitative estimate of drug-likeness (QED) is 0.419. The molecule has 6 rings (SSSR count). The molecule has 0 unspecified atom stereocenters. The topological polar surface area (TPSA) is 97.0 Å². The number of amides is 2. The van der Waals surface area contributed by atoms with E-state index in [4.69, 9.17) is 4.98 Å². The third kappa shape index (κ3) is 3.95. The van der Waals surface area contributed by atoms with Crippen LogP contribution in [0.25, 0.3) is 45.0 Å². The Morgan fingerprint density at radius 2 is 1.57 bits per heavy atom. The molecule has 0 aliphatic carbocycles. The monoisotopic (exact) mass is 466 g/mol. The largest absolute Gasteiger partial charge is 0.368 e. The molecular formula is C26H26N8O. The Kier molecular flexibility index (Phi) is 5.09. The molecule has 35 heavy (non-hydrogen) atoms. The van der Waals surface area contributed by atoms with Crippen molar-refractivity contribution < 1.29 is 4.79 Å². The van der Waals surface area contributed by atoms with Crippen molar-refractivity contribution in [1.29, 1.82) is 0 Å². The van der Waals surface area contributed by atoms with Gasteiger partial charge in [-0.1, -0.05) is 6.07 Å². The number of carbonyl (C=O) groups excluding carboxylic acids is 1. The third-order valence-corrected chi connectivity index (χ3v) is 6.43. The number of aromatic amines is 2. The van der Waals surface area contributed by atoms with E-state index >= 15 is 0 Å². The predicted molar refractivity (Wildman–Crippen MR) is 137 cm³/mol. The number of piperazine rings is 1. The number of nitrogens with zero attached hydrogens (tertiary/aromatic N) is 6. The van der Waals surface area contributed by atoms with Crippen LogP contribution in [0.2, 0.25) is 0 Å². The Labute approximate surface area is 202 Å². The molecule has 9 heteroatoms. The van der Waals surface area contributed by atoms with Gasteiger partial charge in [-0.15, -0.1) is 0 Å². The lowest BCUT2D eigenvalue weighted by Gasteiger charge is -2.37. The number of imidazole rings is 2. The fourth-order valence-electron chi connectivity index (χ4n) is 4.55. The summed E-state index contributed by atoms with van der Waals surface area (Å²) in [4.78, 5) is 38.8. The maximum atomic E-state index is 12.2. The molecule has 1 aliphatic heterocycles. The van der Waals surface area contributed by atoms with Gasteiger partial charge < -0.3 is 24.7 Å². The summed E-state index contributed by atoms with van der Waals surface area (Å²) in [6.07, 6.45) is 1.76. The van der Waals surface area contributed by atoms with Crippen LogP contribution < -0.4 is 4.90 Å². The molecule has 0 saturated carbocycles. The van der Waals surface area contributed by atoms with Crippen molar-refractivity contribution in [2.75, 3.05) is 45.2 Å². The zero-order valence-electron chi connectivity index (χ0n) is 19.7. The first kappa shape index (κ1) is 21.2. The minimum absolute atomic E-state index is 0.0692. The van der Waals surface area contributed by atoms with Crippen LogP contribution in [-0.2, 0) is 0 Å². The zero-order valence-corrected chi connectivity index (χ0v) is 19.7.